The highest BCUT2D eigenvalue weighted by Crippen LogP contribution is 2.63. The van der Waals surface area contributed by atoms with E-state index in [9.17, 15) is 4.79 Å². The zero-order valence-corrected chi connectivity index (χ0v) is 38.5. The molecule has 0 N–H and O–H groups in total. The van der Waals surface area contributed by atoms with Crippen LogP contribution in [0, 0.1) is 23.7 Å². The second-order valence-electron chi connectivity index (χ2n) is 19.5. The van der Waals surface area contributed by atoms with Crippen LogP contribution < -0.4 is 0 Å². The van der Waals surface area contributed by atoms with Crippen molar-refractivity contribution in [3.05, 3.63) is 27.2 Å². The number of Topliss-reactive ketones (excluding diaryl/α,β-unsaturated/α-hetero) is 1. The van der Waals surface area contributed by atoms with Gasteiger partial charge in [0.1, 0.15) is 24.4 Å². The number of allylic oxidation sites excluding steroid dienone is 2. The van der Waals surface area contributed by atoms with E-state index in [-0.39, 0.29) is 102 Å². The summed E-state index contributed by atoms with van der Waals surface area (Å²) in [5.74, 6) is -0.687. The van der Waals surface area contributed by atoms with Crippen molar-refractivity contribution in [2.75, 3.05) is 35.4 Å². The van der Waals surface area contributed by atoms with Crippen LogP contribution in [-0.4, -0.2) is 125 Å². The summed E-state index contributed by atoms with van der Waals surface area (Å²) in [5.41, 5.74) is 1.61. The summed E-state index contributed by atoms with van der Waals surface area (Å²) in [6.07, 6.45) is 5.63. The van der Waals surface area contributed by atoms with Gasteiger partial charge in [0, 0.05) is 61.3 Å². The van der Waals surface area contributed by atoms with Crippen molar-refractivity contribution in [2.24, 2.45) is 23.7 Å². The number of likely N-dealkylation sites (N-methyl/N-ethyl adjacent to an activating group) is 1. The molecule has 17 atom stereocenters. The number of carbonyl (C=O) groups is 2. The second kappa shape index (κ2) is 18.5. The lowest BCUT2D eigenvalue weighted by Gasteiger charge is -2.44. The zero-order valence-electron chi connectivity index (χ0n) is 37.6. The number of hydrogen-bond donors (Lipinski definition) is 0. The molecule has 3 aliphatic carbocycles. The van der Waals surface area contributed by atoms with Gasteiger partial charge >= 0.3 is 5.97 Å². The van der Waals surface area contributed by atoms with Gasteiger partial charge in [0.15, 0.2) is 18.4 Å². The Hall–Kier alpha value is -1.81. The third-order valence-electron chi connectivity index (χ3n) is 14.5. The number of fused-ring (bicyclic) bond motifs is 8. The molecule has 13 heteroatoms. The SMILES string of the molecule is CC[C@H]1CCC[C@H](O[C@H]2CC[C@H](N(C)C)C(C)O2)[C@@H](C)C(=O)C2=C[C@H]3[C@@H]4C[C@H](O[C@@H]5OC(C)[C@H](OC)C(OC)C5OC)C[C@H]4c4sc(C(C)(C)C)nc4[C@H]3[C@@H]2CC(=O)O1. The number of aromatic nitrogens is 1. The summed E-state index contributed by atoms with van der Waals surface area (Å²) in [7, 11) is 9.18. The molecule has 1 saturated carbocycles. The van der Waals surface area contributed by atoms with Crippen molar-refractivity contribution < 1.29 is 47.5 Å². The lowest BCUT2D eigenvalue weighted by Crippen LogP contribution is -2.59. The van der Waals surface area contributed by atoms with E-state index in [0.29, 0.717) is 12.5 Å². The quantitative estimate of drug-likeness (QED) is 0.232. The van der Waals surface area contributed by atoms with Gasteiger partial charge in [0.05, 0.1) is 41.5 Å². The Kier molecular flexibility index (Phi) is 14.2. The molecule has 59 heavy (non-hydrogen) atoms. The normalized spacial score (nSPS) is 41.9. The van der Waals surface area contributed by atoms with Crippen LogP contribution in [0.3, 0.4) is 0 Å². The van der Waals surface area contributed by atoms with Crippen LogP contribution in [0.25, 0.3) is 0 Å². The number of rotatable bonds is 9. The standard InChI is InChI=1S/C46H72N2O10S/c1-13-26-15-14-16-34(58-36-18-17-33(48(8)9)24(3)54-36)23(2)39(50)31-21-29-28-19-27(57-44-42(53-12)41(52-11)40(51-10)25(4)55-44)20-32(28)43-38(47-45(59-43)46(5,6)7)37(29)30(31)22-35(49)56-26/h21,23-30,32-34,36-37,40-42,44H,13-20,22H2,1-12H3/t23-,24?,25?,26+,27+,28+,29+,30-,32-,33+,34+,36+,37-,40+,41?,42?,44+/m1/s1. The first-order chi connectivity index (χ1) is 28.1. The predicted octanol–water partition coefficient (Wildman–Crippen LogP) is 7.32. The molecule has 0 amide bonds. The second-order valence-corrected chi connectivity index (χ2v) is 20.6. The van der Waals surface area contributed by atoms with E-state index in [0.717, 1.165) is 61.2 Å². The molecule has 7 rings (SSSR count). The van der Waals surface area contributed by atoms with Gasteiger partial charge in [-0.1, -0.05) is 40.7 Å². The number of thiazole rings is 1. The topological polar surface area (TPSA) is 124 Å². The highest BCUT2D eigenvalue weighted by Gasteiger charge is 2.57. The Labute approximate surface area is 356 Å². The number of ketones is 1. The Morgan fingerprint density at radius 2 is 1.61 bits per heavy atom. The summed E-state index contributed by atoms with van der Waals surface area (Å²) < 4.78 is 50.5. The maximum Gasteiger partial charge on any atom is 0.306 e. The van der Waals surface area contributed by atoms with Gasteiger partial charge in [0.25, 0.3) is 0 Å². The van der Waals surface area contributed by atoms with Crippen LogP contribution in [0.15, 0.2) is 11.6 Å². The molecule has 0 radical (unpaired) electrons. The van der Waals surface area contributed by atoms with Crippen LogP contribution in [0.5, 0.6) is 0 Å². The maximum atomic E-state index is 15.1. The molecule has 3 saturated heterocycles. The van der Waals surface area contributed by atoms with Crippen molar-refractivity contribution in [1.29, 1.82) is 0 Å². The van der Waals surface area contributed by atoms with E-state index < -0.39 is 18.3 Å². The van der Waals surface area contributed by atoms with Crippen molar-refractivity contribution in [3.8, 4) is 0 Å². The first kappa shape index (κ1) is 45.2. The van der Waals surface area contributed by atoms with Gasteiger partial charge in [-0.15, -0.1) is 11.3 Å². The Bertz CT molecular complexity index is 1660. The van der Waals surface area contributed by atoms with Crippen molar-refractivity contribution in [2.45, 2.75) is 191 Å². The Morgan fingerprint density at radius 3 is 2.25 bits per heavy atom. The minimum atomic E-state index is -0.638. The summed E-state index contributed by atoms with van der Waals surface area (Å²) in [5, 5.41) is 1.07. The Morgan fingerprint density at radius 1 is 0.881 bits per heavy atom. The number of methoxy groups -OCH3 is 3. The zero-order chi connectivity index (χ0) is 42.5. The number of esters is 1. The van der Waals surface area contributed by atoms with Gasteiger partial charge in [-0.05, 0) is 96.7 Å². The third-order valence-corrected chi connectivity index (χ3v) is 16.2. The molecule has 4 fully saturated rings. The predicted molar refractivity (Wildman–Crippen MR) is 224 cm³/mol. The largest absolute Gasteiger partial charge is 0.462 e. The van der Waals surface area contributed by atoms with Crippen LogP contribution in [-0.2, 0) is 52.9 Å². The number of hydrogen-bond acceptors (Lipinski definition) is 13. The van der Waals surface area contributed by atoms with E-state index >= 15 is 4.79 Å². The van der Waals surface area contributed by atoms with Crippen LogP contribution in [0.2, 0.25) is 0 Å². The highest BCUT2D eigenvalue weighted by atomic mass is 32.1. The molecule has 6 aliphatic rings. The van der Waals surface area contributed by atoms with E-state index in [4.69, 9.17) is 42.9 Å². The van der Waals surface area contributed by atoms with E-state index in [1.165, 1.54) is 4.88 Å². The molecule has 0 spiro atoms. The van der Waals surface area contributed by atoms with E-state index in [1.807, 2.05) is 13.8 Å². The molecule has 0 aromatic carbocycles. The van der Waals surface area contributed by atoms with Crippen LogP contribution >= 0.6 is 11.3 Å². The molecule has 332 valence electrons. The lowest BCUT2D eigenvalue weighted by atomic mass is 9.67. The third kappa shape index (κ3) is 9.03. The minimum absolute atomic E-state index is 0.00551. The van der Waals surface area contributed by atoms with Crippen LogP contribution in [0.4, 0.5) is 0 Å². The first-order valence-electron chi connectivity index (χ1n) is 22.4. The first-order valence-corrected chi connectivity index (χ1v) is 23.2. The summed E-state index contributed by atoms with van der Waals surface area (Å²) in [4.78, 5) is 38.0. The molecule has 4 unspecified atom stereocenters. The number of ether oxygens (including phenoxy) is 8. The van der Waals surface area contributed by atoms with Gasteiger partial charge in [-0.2, -0.15) is 0 Å². The number of carbonyl (C=O) groups excluding carboxylic acids is 2. The summed E-state index contributed by atoms with van der Waals surface area (Å²) >= 11 is 1.80. The molecule has 1 aromatic heterocycles. The van der Waals surface area contributed by atoms with Crippen molar-refractivity contribution in [3.63, 3.8) is 0 Å². The molecule has 0 bridgehead atoms. The highest BCUT2D eigenvalue weighted by molar-refractivity contribution is 7.12. The average molecular weight is 845 g/mol. The van der Waals surface area contributed by atoms with Gasteiger partial charge in [0.2, 0.25) is 0 Å². The molecule has 4 heterocycles. The average Bonchev–Trinajstić information content (AvgIpc) is 3.91. The van der Waals surface area contributed by atoms with Crippen LogP contribution in [0.1, 0.15) is 134 Å². The molecule has 1 aromatic rings. The number of cyclic esters (lactones) is 1. The summed E-state index contributed by atoms with van der Waals surface area (Å²) in [6.45, 7) is 14.8. The molecule has 3 aliphatic heterocycles. The van der Waals surface area contributed by atoms with Gasteiger partial charge in [-0.3, -0.25) is 9.59 Å². The fourth-order valence-electron chi connectivity index (χ4n) is 11.4. The van der Waals surface area contributed by atoms with Crippen molar-refractivity contribution >= 4 is 23.1 Å². The smallest absolute Gasteiger partial charge is 0.306 e. The fraction of sp³-hybridized carbons (Fsp3) is 0.848. The summed E-state index contributed by atoms with van der Waals surface area (Å²) in [6, 6.07) is 0.322. The molecular weight excluding hydrogens is 773 g/mol. The maximum absolute atomic E-state index is 15.1. The molecular formula is C46H72N2O10S. The monoisotopic (exact) mass is 844 g/mol. The van der Waals surface area contributed by atoms with Gasteiger partial charge < -0.3 is 42.8 Å². The molecule has 12 nitrogen and oxygen atoms in total. The van der Waals surface area contributed by atoms with Crippen molar-refractivity contribution in [1.82, 2.24) is 9.88 Å². The minimum Gasteiger partial charge on any atom is -0.462 e. The van der Waals surface area contributed by atoms with E-state index in [2.05, 4.69) is 59.7 Å². The van der Waals surface area contributed by atoms with Gasteiger partial charge in [-0.25, -0.2) is 4.98 Å². The fourth-order valence-corrected chi connectivity index (χ4v) is 12.8. The lowest BCUT2D eigenvalue weighted by molar-refractivity contribution is -0.314. The number of nitrogens with zero attached hydrogens (tertiary/aromatic N) is 2. The Balaban J connectivity index is 1.22. The van der Waals surface area contributed by atoms with E-state index in [1.54, 1.807) is 32.7 Å².